The van der Waals surface area contributed by atoms with E-state index in [9.17, 15) is 8.42 Å². The van der Waals surface area contributed by atoms with E-state index in [0.717, 1.165) is 25.7 Å². The standard InChI is InChI=1S/C32H66O4S.2Na.2H/c1-3-5-7-9-11-13-15-17-18-19-20-22-24-26-28-30-32-36-37(33,34)35-31-29-27-25-23-21-16-14-12-10-8-6-4-2;;;;/h3-32H2,1-2H3;;;;. The molecule has 4 nitrogen and oxygen atoms in total. The molecule has 0 fully saturated rings. The van der Waals surface area contributed by atoms with Crippen LogP contribution in [0.25, 0.3) is 0 Å². The molecule has 0 atom stereocenters. The van der Waals surface area contributed by atoms with E-state index in [2.05, 4.69) is 13.8 Å². The Morgan fingerprint density at radius 1 is 0.333 bits per heavy atom. The fourth-order valence-corrected chi connectivity index (χ4v) is 5.66. The minimum atomic E-state index is -3.82. The molecule has 39 heavy (non-hydrogen) atoms. The third-order valence-corrected chi connectivity index (χ3v) is 8.36. The van der Waals surface area contributed by atoms with Gasteiger partial charge >= 0.3 is 69.5 Å². The van der Waals surface area contributed by atoms with Crippen molar-refractivity contribution in [2.75, 3.05) is 13.2 Å². The van der Waals surface area contributed by atoms with Crippen LogP contribution in [0.2, 0.25) is 0 Å². The van der Waals surface area contributed by atoms with Crippen molar-refractivity contribution in [3.05, 3.63) is 0 Å². The summed E-state index contributed by atoms with van der Waals surface area (Å²) in [6, 6.07) is 0. The summed E-state index contributed by atoms with van der Waals surface area (Å²) in [5.74, 6) is 0. The molecule has 0 N–H and O–H groups in total. The van der Waals surface area contributed by atoms with Crippen molar-refractivity contribution in [3.8, 4) is 0 Å². The van der Waals surface area contributed by atoms with Crippen LogP contribution in [0.15, 0.2) is 0 Å². The molecule has 0 saturated heterocycles. The second kappa shape index (κ2) is 37.9. The van der Waals surface area contributed by atoms with Gasteiger partial charge in [-0.15, -0.1) is 0 Å². The van der Waals surface area contributed by atoms with Crippen LogP contribution in [0.3, 0.4) is 0 Å². The van der Waals surface area contributed by atoms with Crippen LogP contribution < -0.4 is 0 Å². The predicted molar refractivity (Wildman–Crippen MR) is 176 cm³/mol. The van der Waals surface area contributed by atoms with E-state index in [1.54, 1.807) is 0 Å². The monoisotopic (exact) mass is 594 g/mol. The van der Waals surface area contributed by atoms with Crippen LogP contribution in [0.4, 0.5) is 0 Å². The van der Waals surface area contributed by atoms with Gasteiger partial charge < -0.3 is 0 Å². The van der Waals surface area contributed by atoms with Gasteiger partial charge in [0.15, 0.2) is 0 Å². The zero-order chi connectivity index (χ0) is 27.1. The van der Waals surface area contributed by atoms with Gasteiger partial charge in [0, 0.05) is 0 Å². The molecule has 0 radical (unpaired) electrons. The fraction of sp³-hybridized carbons (Fsp3) is 1.00. The summed E-state index contributed by atoms with van der Waals surface area (Å²) < 4.78 is 33.7. The summed E-state index contributed by atoms with van der Waals surface area (Å²) in [7, 11) is -3.82. The average Bonchev–Trinajstić information content (AvgIpc) is 2.88. The molecule has 0 aliphatic carbocycles. The summed E-state index contributed by atoms with van der Waals surface area (Å²) >= 11 is 0. The van der Waals surface area contributed by atoms with Crippen LogP contribution in [-0.2, 0) is 18.8 Å². The van der Waals surface area contributed by atoms with Crippen molar-refractivity contribution in [1.82, 2.24) is 0 Å². The summed E-state index contributed by atoms with van der Waals surface area (Å²) in [5, 5.41) is 0. The number of hydrogen-bond donors (Lipinski definition) is 0. The van der Waals surface area contributed by atoms with E-state index in [0.29, 0.717) is 0 Å². The first-order valence-corrected chi connectivity index (χ1v) is 18.0. The fourth-order valence-electron chi connectivity index (χ4n) is 4.95. The van der Waals surface area contributed by atoms with Crippen molar-refractivity contribution in [3.63, 3.8) is 0 Å². The zero-order valence-electron chi connectivity index (χ0n) is 25.3. The van der Waals surface area contributed by atoms with Crippen LogP contribution >= 0.6 is 0 Å². The Morgan fingerprint density at radius 3 is 0.718 bits per heavy atom. The maximum absolute atomic E-state index is 11.8. The minimum absolute atomic E-state index is 0. The molecule has 0 aliphatic heterocycles. The predicted octanol–water partition coefficient (Wildman–Crippen LogP) is 9.93. The van der Waals surface area contributed by atoms with Gasteiger partial charge in [0.1, 0.15) is 0 Å². The van der Waals surface area contributed by atoms with Crippen LogP contribution in [0.5, 0.6) is 0 Å². The molecule has 0 aliphatic rings. The van der Waals surface area contributed by atoms with E-state index < -0.39 is 10.4 Å². The van der Waals surface area contributed by atoms with Gasteiger partial charge in [0.2, 0.25) is 0 Å². The molecular weight excluding hydrogens is 526 g/mol. The number of unbranched alkanes of at least 4 members (excludes halogenated alkanes) is 26. The molecular formula is C32H68Na2O4S. The molecule has 0 spiro atoms. The first kappa shape index (κ1) is 45.3. The first-order chi connectivity index (χ1) is 18.1. The van der Waals surface area contributed by atoms with Crippen molar-refractivity contribution >= 4 is 69.5 Å². The maximum atomic E-state index is 11.8. The third kappa shape index (κ3) is 39.9. The van der Waals surface area contributed by atoms with Gasteiger partial charge in [-0.25, -0.2) is 8.37 Å². The molecule has 7 heteroatoms. The Balaban J connectivity index is -0.00000648. The van der Waals surface area contributed by atoms with E-state index in [4.69, 9.17) is 8.37 Å². The summed E-state index contributed by atoms with van der Waals surface area (Å²) in [6.45, 7) is 5.03. The van der Waals surface area contributed by atoms with E-state index >= 15 is 0 Å². The SMILES string of the molecule is CCCCCCCCCCCCCCCCCCOS(=O)(=O)OCCCCCCCCCCCCCC.[NaH].[NaH]. The van der Waals surface area contributed by atoms with Crippen LogP contribution in [-0.4, -0.2) is 80.7 Å². The normalized spacial score (nSPS) is 11.3. The van der Waals surface area contributed by atoms with E-state index in [1.165, 1.54) is 154 Å². The van der Waals surface area contributed by atoms with E-state index in [1.807, 2.05) is 0 Å². The Bertz CT molecular complexity index is 532. The topological polar surface area (TPSA) is 52.6 Å². The van der Waals surface area contributed by atoms with Crippen molar-refractivity contribution in [2.45, 2.75) is 194 Å². The molecule has 0 rings (SSSR count). The van der Waals surface area contributed by atoms with Crippen molar-refractivity contribution in [2.24, 2.45) is 0 Å². The zero-order valence-corrected chi connectivity index (χ0v) is 26.1. The second-order valence-corrected chi connectivity index (χ2v) is 12.5. The first-order valence-electron chi connectivity index (χ1n) is 16.7. The summed E-state index contributed by atoms with van der Waals surface area (Å²) in [5.41, 5.74) is 0. The molecule has 0 aromatic rings. The molecule has 0 unspecified atom stereocenters. The van der Waals surface area contributed by atoms with Crippen LogP contribution in [0, 0.1) is 0 Å². The molecule has 0 bridgehead atoms. The Kier molecular flexibility index (Phi) is 44.0. The Morgan fingerprint density at radius 2 is 0.513 bits per heavy atom. The second-order valence-electron chi connectivity index (χ2n) is 11.2. The van der Waals surface area contributed by atoms with E-state index in [-0.39, 0.29) is 72.3 Å². The van der Waals surface area contributed by atoms with Gasteiger partial charge in [0.05, 0.1) is 13.2 Å². The van der Waals surface area contributed by atoms with Gasteiger partial charge in [-0.2, -0.15) is 8.42 Å². The molecule has 0 saturated carbocycles. The Labute approximate surface area is 290 Å². The van der Waals surface area contributed by atoms with Gasteiger partial charge in [-0.05, 0) is 12.8 Å². The molecule has 0 amide bonds. The number of hydrogen-bond acceptors (Lipinski definition) is 4. The quantitative estimate of drug-likeness (QED) is 0.0574. The third-order valence-electron chi connectivity index (χ3n) is 7.45. The van der Waals surface area contributed by atoms with Gasteiger partial charge in [-0.1, -0.05) is 181 Å². The molecule has 0 aromatic carbocycles. The molecule has 0 heterocycles. The summed E-state index contributed by atoms with van der Waals surface area (Å²) in [6.07, 6.45) is 36.0. The average molecular weight is 595 g/mol. The summed E-state index contributed by atoms with van der Waals surface area (Å²) in [4.78, 5) is 0. The van der Waals surface area contributed by atoms with Gasteiger partial charge in [-0.3, -0.25) is 0 Å². The Hall–Kier alpha value is 1.87. The number of rotatable bonds is 32. The molecule has 0 aromatic heterocycles. The molecule has 228 valence electrons. The van der Waals surface area contributed by atoms with Crippen molar-refractivity contribution < 1.29 is 16.8 Å². The van der Waals surface area contributed by atoms with Crippen molar-refractivity contribution in [1.29, 1.82) is 0 Å². The van der Waals surface area contributed by atoms with Gasteiger partial charge in [0.25, 0.3) is 0 Å². The van der Waals surface area contributed by atoms with Crippen LogP contribution in [0.1, 0.15) is 194 Å².